The highest BCUT2D eigenvalue weighted by atomic mass is 16.1. The molecule has 0 saturated heterocycles. The number of carbonyl (C=O) groups excluding carboxylic acids is 1. The molecule has 0 radical (unpaired) electrons. The van der Waals surface area contributed by atoms with E-state index in [-0.39, 0.29) is 5.41 Å². The smallest absolute Gasteiger partial charge is 0.139 e. The Hall–Kier alpha value is -0.590. The number of hydrogen-bond acceptors (Lipinski definition) is 1. The van der Waals surface area contributed by atoms with Crippen molar-refractivity contribution in [2.45, 2.75) is 78.6 Å². The lowest BCUT2D eigenvalue weighted by Gasteiger charge is -2.49. The second-order valence-corrected chi connectivity index (χ2v) is 9.54. The second kappa shape index (κ2) is 5.74. The van der Waals surface area contributed by atoms with Crippen LogP contribution in [0, 0.1) is 40.9 Å². The molecule has 0 amide bonds. The molecule has 23 heavy (non-hydrogen) atoms. The van der Waals surface area contributed by atoms with Gasteiger partial charge < -0.3 is 0 Å². The minimum atomic E-state index is 0.0294. The summed E-state index contributed by atoms with van der Waals surface area (Å²) in [6.45, 7) is 7.23. The Bertz CT molecular complexity index is 518. The van der Waals surface area contributed by atoms with Crippen molar-refractivity contribution in [3.05, 3.63) is 11.6 Å². The van der Waals surface area contributed by atoms with Crippen LogP contribution in [0.3, 0.4) is 0 Å². The molecule has 7 atom stereocenters. The van der Waals surface area contributed by atoms with E-state index in [1.54, 1.807) is 0 Å². The molecular weight excluding hydrogens is 280 g/mol. The molecular formula is C22H34O. The van der Waals surface area contributed by atoms with Gasteiger partial charge in [0.2, 0.25) is 0 Å². The highest BCUT2D eigenvalue weighted by molar-refractivity contribution is 5.87. The van der Waals surface area contributed by atoms with E-state index in [1.807, 2.05) is 5.57 Å². The Kier molecular flexibility index (Phi) is 3.97. The van der Waals surface area contributed by atoms with Crippen molar-refractivity contribution in [3.8, 4) is 0 Å². The molecule has 0 aromatic carbocycles. The molecule has 3 fully saturated rings. The number of allylic oxidation sites excluding steroid dienone is 2. The maximum Gasteiger partial charge on any atom is 0.139 e. The van der Waals surface area contributed by atoms with Crippen LogP contribution in [0.15, 0.2) is 11.6 Å². The number of carbonyl (C=O) groups is 1. The highest BCUT2D eigenvalue weighted by Gasteiger charge is 2.56. The van der Waals surface area contributed by atoms with Crippen molar-refractivity contribution in [1.82, 2.24) is 0 Å². The van der Waals surface area contributed by atoms with Crippen LogP contribution in [-0.2, 0) is 4.79 Å². The summed E-state index contributed by atoms with van der Waals surface area (Å²) in [5.41, 5.74) is 1.84. The number of hydrogen-bond donors (Lipinski definition) is 0. The minimum Gasteiger partial charge on any atom is -0.299 e. The van der Waals surface area contributed by atoms with Gasteiger partial charge in [0, 0.05) is 11.8 Å². The van der Waals surface area contributed by atoms with Crippen LogP contribution in [-0.4, -0.2) is 5.78 Å². The molecule has 3 saturated carbocycles. The zero-order valence-corrected chi connectivity index (χ0v) is 15.3. The summed E-state index contributed by atoms with van der Waals surface area (Å²) in [7, 11) is 0. The van der Waals surface area contributed by atoms with Gasteiger partial charge in [0.05, 0.1) is 0 Å². The van der Waals surface area contributed by atoms with Crippen molar-refractivity contribution in [3.63, 3.8) is 0 Å². The number of rotatable bonds is 0. The Labute approximate surface area is 142 Å². The largest absolute Gasteiger partial charge is 0.299 e. The van der Waals surface area contributed by atoms with E-state index in [2.05, 4.69) is 26.8 Å². The third kappa shape index (κ3) is 2.45. The normalized spacial score (nSPS) is 50.2. The number of ketones is 1. The Morgan fingerprint density at radius 3 is 2.70 bits per heavy atom. The van der Waals surface area contributed by atoms with E-state index in [9.17, 15) is 4.79 Å². The van der Waals surface area contributed by atoms with Gasteiger partial charge in [0.25, 0.3) is 0 Å². The highest BCUT2D eigenvalue weighted by Crippen LogP contribution is 2.60. The van der Waals surface area contributed by atoms with E-state index in [4.69, 9.17) is 0 Å². The second-order valence-electron chi connectivity index (χ2n) is 9.54. The molecule has 4 aliphatic carbocycles. The first-order chi connectivity index (χ1) is 11.0. The molecule has 0 heterocycles. The van der Waals surface area contributed by atoms with Gasteiger partial charge in [-0.15, -0.1) is 0 Å². The third-order valence-corrected chi connectivity index (χ3v) is 8.31. The summed E-state index contributed by atoms with van der Waals surface area (Å²) in [5.74, 6) is 5.38. The van der Waals surface area contributed by atoms with E-state index in [0.29, 0.717) is 11.7 Å². The molecule has 4 aliphatic rings. The Morgan fingerprint density at radius 1 is 1.04 bits per heavy atom. The van der Waals surface area contributed by atoms with Crippen molar-refractivity contribution in [2.24, 2.45) is 40.9 Å². The van der Waals surface area contributed by atoms with E-state index >= 15 is 0 Å². The first kappa shape index (κ1) is 15.9. The first-order valence-corrected chi connectivity index (χ1v) is 10.2. The quantitative estimate of drug-likeness (QED) is 0.517. The summed E-state index contributed by atoms with van der Waals surface area (Å²) >= 11 is 0. The Morgan fingerprint density at radius 2 is 1.87 bits per heavy atom. The van der Waals surface area contributed by atoms with Gasteiger partial charge in [-0.2, -0.15) is 0 Å². The molecule has 0 N–H and O–H groups in total. The van der Waals surface area contributed by atoms with Crippen LogP contribution in [0.2, 0.25) is 0 Å². The zero-order chi connectivity index (χ0) is 16.2. The molecule has 1 nitrogen and oxygen atoms in total. The van der Waals surface area contributed by atoms with Crippen molar-refractivity contribution >= 4 is 5.78 Å². The average Bonchev–Trinajstić information content (AvgIpc) is 2.66. The van der Waals surface area contributed by atoms with Crippen LogP contribution in [0.1, 0.15) is 78.6 Å². The topological polar surface area (TPSA) is 17.1 Å². The first-order valence-electron chi connectivity index (χ1n) is 10.2. The zero-order valence-electron chi connectivity index (χ0n) is 15.3. The van der Waals surface area contributed by atoms with Crippen LogP contribution in [0.25, 0.3) is 0 Å². The van der Waals surface area contributed by atoms with E-state index in [0.717, 1.165) is 36.0 Å². The molecule has 1 heteroatoms. The molecule has 0 aromatic rings. The predicted molar refractivity (Wildman–Crippen MR) is 95.0 cm³/mol. The lowest BCUT2D eigenvalue weighted by molar-refractivity contribution is -0.131. The van der Waals surface area contributed by atoms with Crippen molar-refractivity contribution in [2.75, 3.05) is 0 Å². The summed E-state index contributed by atoms with van der Waals surface area (Å²) in [6, 6.07) is 0. The average molecular weight is 315 g/mol. The van der Waals surface area contributed by atoms with E-state index < -0.39 is 0 Å². The fourth-order valence-electron chi connectivity index (χ4n) is 7.05. The van der Waals surface area contributed by atoms with Gasteiger partial charge in [0.15, 0.2) is 0 Å². The van der Waals surface area contributed by atoms with Crippen LogP contribution in [0.4, 0.5) is 0 Å². The summed E-state index contributed by atoms with van der Waals surface area (Å²) in [4.78, 5) is 12.6. The maximum absolute atomic E-state index is 12.6. The van der Waals surface area contributed by atoms with E-state index in [1.165, 1.54) is 51.4 Å². The Balaban J connectivity index is 1.70. The van der Waals surface area contributed by atoms with Crippen molar-refractivity contribution in [1.29, 1.82) is 0 Å². The fraction of sp³-hybridized carbons (Fsp3) is 0.864. The van der Waals surface area contributed by atoms with Crippen molar-refractivity contribution < 1.29 is 4.79 Å². The lowest BCUT2D eigenvalue weighted by atomic mass is 9.55. The number of Topliss-reactive ketones (excluding diaryl/α,β-unsaturated/α-hetero) is 1. The molecule has 0 aliphatic heterocycles. The van der Waals surface area contributed by atoms with Gasteiger partial charge in [-0.3, -0.25) is 4.79 Å². The lowest BCUT2D eigenvalue weighted by Crippen LogP contribution is -2.45. The van der Waals surface area contributed by atoms with Gasteiger partial charge in [-0.25, -0.2) is 0 Å². The summed E-state index contributed by atoms with van der Waals surface area (Å²) in [6.07, 6.45) is 14.1. The monoisotopic (exact) mass is 314 g/mol. The molecule has 0 aromatic heterocycles. The maximum atomic E-state index is 12.6. The fourth-order valence-corrected chi connectivity index (χ4v) is 7.05. The molecule has 0 bridgehead atoms. The third-order valence-electron chi connectivity index (χ3n) is 8.31. The summed E-state index contributed by atoms with van der Waals surface area (Å²) < 4.78 is 0. The molecule has 6 unspecified atom stereocenters. The van der Waals surface area contributed by atoms with Gasteiger partial charge in [-0.1, -0.05) is 38.8 Å². The van der Waals surface area contributed by atoms with Crippen LogP contribution < -0.4 is 0 Å². The van der Waals surface area contributed by atoms with Gasteiger partial charge in [0.1, 0.15) is 5.78 Å². The van der Waals surface area contributed by atoms with Gasteiger partial charge in [-0.05, 0) is 80.5 Å². The number of fused-ring (bicyclic) bond motifs is 5. The summed E-state index contributed by atoms with van der Waals surface area (Å²) in [5, 5.41) is 0. The molecule has 4 rings (SSSR count). The predicted octanol–water partition coefficient (Wildman–Crippen LogP) is 5.79. The molecule has 0 spiro atoms. The SMILES string of the molecule is CC1C=C2CCC(C)C3C(CC[C@]4(C)C(=O)CCC34)C2CCC1. The minimum absolute atomic E-state index is 0.0294. The molecule has 128 valence electrons. The van der Waals surface area contributed by atoms with Crippen LogP contribution >= 0.6 is 0 Å². The van der Waals surface area contributed by atoms with Crippen LogP contribution in [0.5, 0.6) is 0 Å². The standard InChI is InChI=1S/C22H34O/c1-14-5-4-6-17-16(13-14)8-7-15(2)21-18(17)11-12-22(3)19(21)9-10-20(22)23/h13-15,17-19,21H,4-12H2,1-3H3/t14?,15?,17?,18?,19?,21?,22-/m0/s1. The van der Waals surface area contributed by atoms with Gasteiger partial charge >= 0.3 is 0 Å².